The summed E-state index contributed by atoms with van der Waals surface area (Å²) in [7, 11) is 0. The second kappa shape index (κ2) is 5.06. The maximum absolute atomic E-state index is 12.4. The van der Waals surface area contributed by atoms with E-state index >= 15 is 0 Å². The van der Waals surface area contributed by atoms with Gasteiger partial charge in [-0.2, -0.15) is 0 Å². The van der Waals surface area contributed by atoms with Crippen LogP contribution in [0.4, 0.5) is 0 Å². The summed E-state index contributed by atoms with van der Waals surface area (Å²) in [6, 6.07) is 0. The van der Waals surface area contributed by atoms with Gasteiger partial charge in [-0.25, -0.2) is 0 Å². The van der Waals surface area contributed by atoms with Gasteiger partial charge in [-0.1, -0.05) is 31.9 Å². The molecule has 110 valence electrons. The minimum absolute atomic E-state index is 0.168. The molecule has 2 aliphatic carbocycles. The first-order valence-corrected chi connectivity index (χ1v) is 7.95. The van der Waals surface area contributed by atoms with Crippen molar-refractivity contribution in [3.05, 3.63) is 12.2 Å². The highest BCUT2D eigenvalue weighted by Gasteiger charge is 2.51. The van der Waals surface area contributed by atoms with Crippen LogP contribution in [0, 0.1) is 34.5 Å². The first kappa shape index (κ1) is 15.4. The van der Waals surface area contributed by atoms with Gasteiger partial charge in [0, 0.05) is 6.42 Å². The molecule has 0 spiro atoms. The number of carbonyl (C=O) groups excluding carboxylic acids is 1. The van der Waals surface area contributed by atoms with Gasteiger partial charge in [0.2, 0.25) is 0 Å². The number of hydrogen-bond donors (Lipinski definition) is 0. The zero-order valence-corrected chi connectivity index (χ0v) is 13.5. The lowest BCUT2D eigenvalue weighted by Crippen LogP contribution is -2.47. The Hall–Kier alpha value is -1.03. The number of hydrogen-bond acceptors (Lipinski definition) is 1. The molecule has 0 saturated heterocycles. The maximum atomic E-state index is 12.4. The van der Waals surface area contributed by atoms with Gasteiger partial charge in [0.1, 0.15) is 0 Å². The maximum Gasteiger partial charge on any atom is 0.150 e. The molecular weight excluding hydrogens is 244 g/mol. The van der Waals surface area contributed by atoms with E-state index < -0.39 is 5.41 Å². The summed E-state index contributed by atoms with van der Waals surface area (Å²) in [6.07, 6.45) is 16.8. The van der Waals surface area contributed by atoms with Crippen LogP contribution < -0.4 is 0 Å². The van der Waals surface area contributed by atoms with E-state index in [-0.39, 0.29) is 11.2 Å². The van der Waals surface area contributed by atoms with Crippen molar-refractivity contribution in [3.63, 3.8) is 0 Å². The number of terminal acetylenes is 1. The molecule has 0 amide bonds. The summed E-state index contributed by atoms with van der Waals surface area (Å²) in [5.74, 6) is 3.44. The Bertz CT molecular complexity index is 459. The van der Waals surface area contributed by atoms with Crippen LogP contribution in [0.5, 0.6) is 0 Å². The number of Topliss-reactive ketones (excluding diaryl/α,β-unsaturated/α-hetero) is 1. The average Bonchev–Trinajstić information content (AvgIpc) is 3.14. The van der Waals surface area contributed by atoms with Gasteiger partial charge < -0.3 is 0 Å². The molecule has 0 aromatic heterocycles. The average molecular weight is 272 g/mol. The van der Waals surface area contributed by atoms with Crippen LogP contribution in [0.3, 0.4) is 0 Å². The number of carbonyl (C=O) groups is 1. The van der Waals surface area contributed by atoms with Crippen molar-refractivity contribution in [2.45, 2.75) is 66.2 Å². The topological polar surface area (TPSA) is 17.1 Å². The normalized spacial score (nSPS) is 35.0. The van der Waals surface area contributed by atoms with Crippen molar-refractivity contribution in [1.82, 2.24) is 0 Å². The van der Waals surface area contributed by atoms with Crippen LogP contribution in [-0.2, 0) is 4.79 Å². The fraction of sp³-hybridized carbons (Fsp3) is 0.737. The summed E-state index contributed by atoms with van der Waals surface area (Å²) in [4.78, 5) is 12.4. The summed E-state index contributed by atoms with van der Waals surface area (Å²) in [5, 5.41) is 0. The quantitative estimate of drug-likeness (QED) is 0.532. The molecule has 20 heavy (non-hydrogen) atoms. The van der Waals surface area contributed by atoms with Gasteiger partial charge in [0.15, 0.2) is 5.78 Å². The Morgan fingerprint density at radius 3 is 2.45 bits per heavy atom. The smallest absolute Gasteiger partial charge is 0.150 e. The van der Waals surface area contributed by atoms with Crippen LogP contribution in [0.25, 0.3) is 0 Å². The Morgan fingerprint density at radius 1 is 1.30 bits per heavy atom. The Morgan fingerprint density at radius 2 is 1.95 bits per heavy atom. The fourth-order valence-corrected chi connectivity index (χ4v) is 4.15. The fourth-order valence-electron chi connectivity index (χ4n) is 4.15. The van der Waals surface area contributed by atoms with Crippen molar-refractivity contribution >= 4 is 5.78 Å². The van der Waals surface area contributed by atoms with Gasteiger partial charge in [-0.3, -0.25) is 4.79 Å². The van der Waals surface area contributed by atoms with E-state index in [9.17, 15) is 4.79 Å². The summed E-state index contributed by atoms with van der Waals surface area (Å²) < 4.78 is 0. The minimum Gasteiger partial charge on any atom is -0.298 e. The van der Waals surface area contributed by atoms with Crippen molar-refractivity contribution < 1.29 is 4.79 Å². The molecule has 0 heterocycles. The second-order valence-electron chi connectivity index (χ2n) is 7.71. The minimum atomic E-state index is -0.562. The van der Waals surface area contributed by atoms with E-state index in [2.05, 4.69) is 38.8 Å². The lowest BCUT2D eigenvalue weighted by Gasteiger charge is -2.47. The molecule has 2 rings (SSSR count). The van der Waals surface area contributed by atoms with Crippen molar-refractivity contribution in [2.75, 3.05) is 0 Å². The summed E-state index contributed by atoms with van der Waals surface area (Å²) in [6.45, 7) is 8.67. The Kier molecular flexibility index (Phi) is 3.89. The van der Waals surface area contributed by atoms with Crippen molar-refractivity contribution in [3.8, 4) is 12.3 Å². The molecule has 0 aromatic carbocycles. The third-order valence-electron chi connectivity index (χ3n) is 5.86. The zero-order chi connectivity index (χ0) is 15.0. The molecule has 0 bridgehead atoms. The predicted octanol–water partition coefficient (Wildman–Crippen LogP) is 4.77. The molecule has 1 heteroatoms. The highest BCUT2D eigenvalue weighted by atomic mass is 16.1. The van der Waals surface area contributed by atoms with Gasteiger partial charge in [-0.05, 0) is 62.7 Å². The summed E-state index contributed by atoms with van der Waals surface area (Å²) >= 11 is 0. The van der Waals surface area contributed by atoms with Crippen LogP contribution in [-0.4, -0.2) is 5.78 Å². The third kappa shape index (κ3) is 2.58. The van der Waals surface area contributed by atoms with Crippen LogP contribution in [0.1, 0.15) is 66.2 Å². The Labute approximate surface area is 124 Å². The molecular formula is C19H28O. The zero-order valence-electron chi connectivity index (χ0n) is 13.5. The monoisotopic (exact) mass is 272 g/mol. The van der Waals surface area contributed by atoms with E-state index in [4.69, 9.17) is 6.42 Å². The number of rotatable bonds is 4. The highest BCUT2D eigenvalue weighted by Crippen LogP contribution is 2.56. The van der Waals surface area contributed by atoms with Gasteiger partial charge in [0.25, 0.3) is 0 Å². The molecule has 2 aliphatic rings. The second-order valence-corrected chi connectivity index (χ2v) is 7.71. The molecule has 2 fully saturated rings. The Balaban J connectivity index is 2.17. The third-order valence-corrected chi connectivity index (χ3v) is 5.86. The molecule has 2 atom stereocenters. The predicted molar refractivity (Wildman–Crippen MR) is 84.2 cm³/mol. The molecule has 2 saturated carbocycles. The van der Waals surface area contributed by atoms with E-state index in [1.165, 1.54) is 19.3 Å². The molecule has 0 N–H and O–H groups in total. The molecule has 1 unspecified atom stereocenters. The highest BCUT2D eigenvalue weighted by molar-refractivity contribution is 5.88. The van der Waals surface area contributed by atoms with Crippen LogP contribution in [0.15, 0.2) is 12.2 Å². The SMILES string of the molecule is C#CC1(C)C(=O)CCC(C)(C)[C@H]1CCC1(/C=C/C)CC1. The number of ketones is 1. The first-order chi connectivity index (χ1) is 9.30. The van der Waals surface area contributed by atoms with Gasteiger partial charge >= 0.3 is 0 Å². The standard InChI is InChI=1S/C19H28O/c1-6-10-19(13-14-19)12-8-15-17(3,4)11-9-16(20)18(15,5)7-2/h2,6,10,15H,8-9,11-14H2,1,3-5H3/b10-6+/t15-,18?/m1/s1. The largest absolute Gasteiger partial charge is 0.298 e. The lowest BCUT2D eigenvalue weighted by molar-refractivity contribution is -0.135. The van der Waals surface area contributed by atoms with E-state index in [1.54, 1.807) is 0 Å². The molecule has 0 aliphatic heterocycles. The van der Waals surface area contributed by atoms with Crippen LogP contribution in [0.2, 0.25) is 0 Å². The summed E-state index contributed by atoms with van der Waals surface area (Å²) in [5.41, 5.74) is 0.0234. The van der Waals surface area contributed by atoms with E-state index in [0.717, 1.165) is 12.8 Å². The van der Waals surface area contributed by atoms with Gasteiger partial charge in [-0.15, -0.1) is 6.42 Å². The lowest BCUT2D eigenvalue weighted by atomic mass is 9.54. The van der Waals surface area contributed by atoms with Crippen molar-refractivity contribution in [2.24, 2.45) is 22.2 Å². The first-order valence-electron chi connectivity index (χ1n) is 7.95. The van der Waals surface area contributed by atoms with Crippen LogP contribution >= 0.6 is 0 Å². The molecule has 0 aromatic rings. The molecule has 0 radical (unpaired) electrons. The molecule has 1 nitrogen and oxygen atoms in total. The van der Waals surface area contributed by atoms with E-state index in [1.807, 2.05) is 6.92 Å². The van der Waals surface area contributed by atoms with E-state index in [0.29, 0.717) is 17.8 Å². The van der Waals surface area contributed by atoms with Crippen molar-refractivity contribution in [1.29, 1.82) is 0 Å². The number of allylic oxidation sites excluding steroid dienone is 2. The van der Waals surface area contributed by atoms with Gasteiger partial charge in [0.05, 0.1) is 5.41 Å².